The van der Waals surface area contributed by atoms with Gasteiger partial charge in [-0.05, 0) is 29.3 Å². The summed E-state index contributed by atoms with van der Waals surface area (Å²) in [5.74, 6) is -1.80. The number of carbonyl (C=O) groups is 2. The van der Waals surface area contributed by atoms with E-state index in [-0.39, 0.29) is 11.5 Å². The van der Waals surface area contributed by atoms with Crippen molar-refractivity contribution in [3.63, 3.8) is 0 Å². The van der Waals surface area contributed by atoms with Crippen molar-refractivity contribution >= 4 is 11.9 Å². The molecule has 5 heteroatoms. The number of benzene rings is 2. The Morgan fingerprint density at radius 3 is 2.37 bits per heavy atom. The van der Waals surface area contributed by atoms with E-state index in [0.717, 1.165) is 11.3 Å². The van der Waals surface area contributed by atoms with Gasteiger partial charge in [-0.2, -0.15) is 0 Å². The average Bonchev–Trinajstić information content (AvgIpc) is 3.09. The van der Waals surface area contributed by atoms with E-state index in [1.54, 1.807) is 24.3 Å². The minimum Gasteiger partial charge on any atom is -0.478 e. The van der Waals surface area contributed by atoms with Crippen LogP contribution in [0.1, 0.15) is 33.1 Å². The van der Waals surface area contributed by atoms with Crippen LogP contribution in [0.5, 0.6) is 0 Å². The summed E-state index contributed by atoms with van der Waals surface area (Å²) in [5, 5.41) is 12.5. The highest BCUT2D eigenvalue weighted by molar-refractivity contribution is 5.93. The van der Waals surface area contributed by atoms with Crippen molar-refractivity contribution in [3.8, 4) is 0 Å². The molecule has 1 aromatic heterocycles. The van der Waals surface area contributed by atoms with E-state index in [2.05, 4.69) is 5.32 Å². The van der Waals surface area contributed by atoms with Gasteiger partial charge < -0.3 is 15.0 Å². The Morgan fingerprint density at radius 1 is 1.00 bits per heavy atom. The molecule has 0 spiro atoms. The first-order chi connectivity index (χ1) is 13.1. The fraction of sp³-hybridized carbons (Fsp3) is 0.182. The van der Waals surface area contributed by atoms with Gasteiger partial charge >= 0.3 is 5.97 Å². The predicted octanol–water partition coefficient (Wildman–Crippen LogP) is 3.37. The van der Waals surface area contributed by atoms with E-state index in [9.17, 15) is 14.7 Å². The minimum atomic E-state index is -1.03. The first-order valence-corrected chi connectivity index (χ1v) is 8.80. The Bertz CT molecular complexity index is 931. The molecule has 0 aliphatic carbocycles. The third-order valence-electron chi connectivity index (χ3n) is 4.66. The number of carbonyl (C=O) groups excluding carboxylic acids is 1. The molecule has 0 bridgehead atoms. The summed E-state index contributed by atoms with van der Waals surface area (Å²) in [6, 6.07) is 20.2. The van der Waals surface area contributed by atoms with Gasteiger partial charge in [-0.1, -0.05) is 48.5 Å². The minimum absolute atomic E-state index is 0.159. The highest BCUT2D eigenvalue weighted by Gasteiger charge is 2.26. The number of hydrogen-bond acceptors (Lipinski definition) is 2. The normalized spacial score (nSPS) is 11.7. The zero-order valence-corrected chi connectivity index (χ0v) is 15.1. The quantitative estimate of drug-likeness (QED) is 0.677. The van der Waals surface area contributed by atoms with Crippen LogP contribution >= 0.6 is 0 Å². The van der Waals surface area contributed by atoms with Gasteiger partial charge in [0.15, 0.2) is 0 Å². The number of hydrogen-bond donors (Lipinski definition) is 2. The molecule has 1 amide bonds. The number of nitrogens with zero attached hydrogens (tertiary/aromatic N) is 1. The third kappa shape index (κ3) is 4.44. The zero-order valence-electron chi connectivity index (χ0n) is 15.1. The Morgan fingerprint density at radius 2 is 1.70 bits per heavy atom. The van der Waals surface area contributed by atoms with Gasteiger partial charge in [0.1, 0.15) is 0 Å². The summed E-state index contributed by atoms with van der Waals surface area (Å²) >= 11 is 0. The molecule has 5 nitrogen and oxygen atoms in total. The molecule has 0 radical (unpaired) electrons. The molecule has 27 heavy (non-hydrogen) atoms. The van der Waals surface area contributed by atoms with Crippen molar-refractivity contribution in [1.29, 1.82) is 0 Å². The van der Waals surface area contributed by atoms with Gasteiger partial charge in [0.2, 0.25) is 5.91 Å². The first kappa shape index (κ1) is 18.5. The molecule has 0 aliphatic heterocycles. The fourth-order valence-electron chi connectivity index (χ4n) is 3.17. The van der Waals surface area contributed by atoms with Crippen molar-refractivity contribution in [3.05, 3.63) is 95.3 Å². The van der Waals surface area contributed by atoms with E-state index >= 15 is 0 Å². The van der Waals surface area contributed by atoms with Crippen molar-refractivity contribution in [1.82, 2.24) is 9.88 Å². The molecule has 0 aliphatic rings. The molecule has 0 fully saturated rings. The maximum atomic E-state index is 13.0. The van der Waals surface area contributed by atoms with E-state index < -0.39 is 11.9 Å². The van der Waals surface area contributed by atoms with E-state index in [4.69, 9.17) is 0 Å². The van der Waals surface area contributed by atoms with Gasteiger partial charge in [-0.25, -0.2) is 4.79 Å². The van der Waals surface area contributed by atoms with E-state index in [0.29, 0.717) is 18.5 Å². The highest BCUT2D eigenvalue weighted by Crippen LogP contribution is 2.25. The van der Waals surface area contributed by atoms with Gasteiger partial charge in [0, 0.05) is 31.9 Å². The van der Waals surface area contributed by atoms with Crippen LogP contribution in [0.3, 0.4) is 0 Å². The number of rotatable bonds is 7. The molecular formula is C22H22N2O3. The molecule has 2 N–H and O–H groups in total. The molecule has 138 valence electrons. The number of amides is 1. The van der Waals surface area contributed by atoms with Crippen molar-refractivity contribution in [2.24, 2.45) is 7.05 Å². The van der Waals surface area contributed by atoms with Gasteiger partial charge in [0.25, 0.3) is 0 Å². The van der Waals surface area contributed by atoms with Crippen LogP contribution in [0.15, 0.2) is 72.9 Å². The molecule has 3 aromatic rings. The number of nitrogens with one attached hydrogen (secondary N) is 1. The highest BCUT2D eigenvalue weighted by atomic mass is 16.4. The number of aromatic nitrogens is 1. The predicted molar refractivity (Wildman–Crippen MR) is 104 cm³/mol. The van der Waals surface area contributed by atoms with Crippen LogP contribution < -0.4 is 5.32 Å². The summed E-state index contributed by atoms with van der Waals surface area (Å²) in [5.41, 5.74) is 2.65. The maximum Gasteiger partial charge on any atom is 0.335 e. The second-order valence-corrected chi connectivity index (χ2v) is 6.46. The molecule has 1 atom stereocenters. The zero-order chi connectivity index (χ0) is 19.2. The Hall–Kier alpha value is -3.34. The van der Waals surface area contributed by atoms with Crippen LogP contribution in [-0.4, -0.2) is 21.6 Å². The largest absolute Gasteiger partial charge is 0.478 e. The van der Waals surface area contributed by atoms with Crippen LogP contribution in [0.25, 0.3) is 0 Å². The van der Waals surface area contributed by atoms with Crippen LogP contribution in [-0.2, 0) is 24.8 Å². The summed E-state index contributed by atoms with van der Waals surface area (Å²) in [6.07, 6.45) is 2.34. The number of aromatic carboxylic acids is 1. The Kier molecular flexibility index (Phi) is 5.71. The molecule has 0 saturated carbocycles. The van der Waals surface area contributed by atoms with Crippen molar-refractivity contribution in [2.75, 3.05) is 0 Å². The lowest BCUT2D eigenvalue weighted by Gasteiger charge is -2.19. The number of aryl methyl sites for hydroxylation is 1. The number of carboxylic acids is 1. The van der Waals surface area contributed by atoms with Crippen LogP contribution in [0.4, 0.5) is 0 Å². The van der Waals surface area contributed by atoms with Crippen LogP contribution in [0, 0.1) is 0 Å². The molecule has 1 heterocycles. The smallest absolute Gasteiger partial charge is 0.335 e. The standard InChI is InChI=1S/C22H22N2O3/c1-24-13-7-10-17(24)14-20(18-11-5-6-12-19(18)22(26)27)21(25)23-15-16-8-3-2-4-9-16/h2-13,20H,14-15H2,1H3,(H,23,25)(H,26,27). The number of carboxylic acid groups (broad SMARTS) is 1. The second-order valence-electron chi connectivity index (χ2n) is 6.46. The Labute approximate surface area is 158 Å². The van der Waals surface area contributed by atoms with Gasteiger partial charge in [-0.3, -0.25) is 4.79 Å². The van der Waals surface area contributed by atoms with Crippen LogP contribution in [0.2, 0.25) is 0 Å². The molecule has 2 aromatic carbocycles. The lowest BCUT2D eigenvalue weighted by molar-refractivity contribution is -0.122. The van der Waals surface area contributed by atoms with E-state index in [1.165, 1.54) is 0 Å². The second kappa shape index (κ2) is 8.36. The SMILES string of the molecule is Cn1cccc1CC(C(=O)NCc1ccccc1)c1ccccc1C(=O)O. The topological polar surface area (TPSA) is 71.3 Å². The van der Waals surface area contributed by atoms with Crippen molar-refractivity contribution in [2.45, 2.75) is 18.9 Å². The Balaban J connectivity index is 1.89. The first-order valence-electron chi connectivity index (χ1n) is 8.80. The van der Waals surface area contributed by atoms with Gasteiger partial charge in [0.05, 0.1) is 11.5 Å². The molecule has 0 saturated heterocycles. The fourth-order valence-corrected chi connectivity index (χ4v) is 3.17. The summed E-state index contributed by atoms with van der Waals surface area (Å²) in [6.45, 7) is 0.401. The average molecular weight is 362 g/mol. The summed E-state index contributed by atoms with van der Waals surface area (Å²) in [7, 11) is 1.91. The lowest BCUT2D eigenvalue weighted by Crippen LogP contribution is -2.31. The monoisotopic (exact) mass is 362 g/mol. The van der Waals surface area contributed by atoms with E-state index in [1.807, 2.05) is 60.3 Å². The lowest BCUT2D eigenvalue weighted by atomic mass is 9.89. The van der Waals surface area contributed by atoms with Gasteiger partial charge in [-0.15, -0.1) is 0 Å². The molecular weight excluding hydrogens is 340 g/mol. The maximum absolute atomic E-state index is 13.0. The third-order valence-corrected chi connectivity index (χ3v) is 4.66. The summed E-state index contributed by atoms with van der Waals surface area (Å²) in [4.78, 5) is 24.7. The molecule has 1 unspecified atom stereocenters. The summed E-state index contributed by atoms with van der Waals surface area (Å²) < 4.78 is 1.95. The van der Waals surface area contributed by atoms with Crippen molar-refractivity contribution < 1.29 is 14.7 Å². The molecule has 3 rings (SSSR count).